The van der Waals surface area contributed by atoms with Gasteiger partial charge in [-0.2, -0.15) is 0 Å². The zero-order valence-electron chi connectivity index (χ0n) is 16.6. The van der Waals surface area contributed by atoms with Crippen LogP contribution in [0.1, 0.15) is 26.3 Å². The van der Waals surface area contributed by atoms with Gasteiger partial charge in [0.1, 0.15) is 5.75 Å². The third-order valence-corrected chi connectivity index (χ3v) is 5.40. The second kappa shape index (κ2) is 10.9. The fourth-order valence-corrected chi connectivity index (χ4v) is 3.74. The summed E-state index contributed by atoms with van der Waals surface area (Å²) in [5.41, 5.74) is 2.37. The van der Waals surface area contributed by atoms with Crippen molar-refractivity contribution in [1.29, 1.82) is 0 Å². The molecule has 0 radical (unpaired) electrons. The summed E-state index contributed by atoms with van der Waals surface area (Å²) in [5, 5.41) is 8.57. The zero-order chi connectivity index (χ0) is 22.2. The summed E-state index contributed by atoms with van der Waals surface area (Å²) in [7, 11) is 1.57. The molecule has 0 aliphatic heterocycles. The number of thiocarbonyl (C=S) groups is 1. The minimum absolute atomic E-state index is 0.0964. The number of halogens is 1. The maximum atomic E-state index is 12.7. The van der Waals surface area contributed by atoms with Crippen LogP contribution in [0, 0.1) is 3.57 Å². The van der Waals surface area contributed by atoms with E-state index >= 15 is 0 Å². The molecule has 3 aromatic rings. The fourth-order valence-electron chi connectivity index (χ4n) is 2.80. The number of carbonyl (C=O) groups excluding carboxylic acids is 2. The first-order chi connectivity index (χ1) is 15.0. The van der Waals surface area contributed by atoms with E-state index in [0.717, 1.165) is 9.13 Å². The van der Waals surface area contributed by atoms with Gasteiger partial charge < -0.3 is 15.4 Å². The lowest BCUT2D eigenvalue weighted by Crippen LogP contribution is -2.35. The van der Waals surface area contributed by atoms with Crippen LogP contribution in [0.4, 0.5) is 5.69 Å². The largest absolute Gasteiger partial charge is 0.496 e. The smallest absolute Gasteiger partial charge is 0.257 e. The maximum Gasteiger partial charge on any atom is 0.257 e. The minimum atomic E-state index is -0.357. The van der Waals surface area contributed by atoms with E-state index in [1.165, 1.54) is 0 Å². The summed E-state index contributed by atoms with van der Waals surface area (Å²) in [5.74, 6) is 0.0863. The molecule has 0 fully saturated rings. The predicted octanol–water partition coefficient (Wildman–Crippen LogP) is 4.36. The van der Waals surface area contributed by atoms with Crippen molar-refractivity contribution in [3.05, 3.63) is 93.1 Å². The van der Waals surface area contributed by atoms with Gasteiger partial charge >= 0.3 is 0 Å². The van der Waals surface area contributed by atoms with E-state index in [4.69, 9.17) is 17.0 Å². The Balaban J connectivity index is 1.64. The second-order valence-corrected chi connectivity index (χ2v) is 8.04. The molecule has 8 heteroatoms. The number of hydrogen-bond acceptors (Lipinski definition) is 4. The van der Waals surface area contributed by atoms with E-state index < -0.39 is 0 Å². The molecular weight excluding hydrogens is 525 g/mol. The molecule has 0 atom stereocenters. The van der Waals surface area contributed by atoms with Crippen LogP contribution in [0.25, 0.3) is 0 Å². The molecule has 6 nitrogen and oxygen atoms in total. The van der Waals surface area contributed by atoms with Gasteiger partial charge in [-0.15, -0.1) is 0 Å². The number of amides is 2. The van der Waals surface area contributed by atoms with Crippen LogP contribution in [0.3, 0.4) is 0 Å². The molecule has 31 heavy (non-hydrogen) atoms. The molecule has 3 N–H and O–H groups in total. The molecule has 3 aromatic carbocycles. The Morgan fingerprint density at radius 1 is 0.968 bits per heavy atom. The Morgan fingerprint density at radius 2 is 1.68 bits per heavy atom. The number of nitrogens with one attached hydrogen (secondary N) is 3. The SMILES string of the molecule is COc1ccc(C(=O)NC(=S)Nc2ccccc2C(=O)NCc2ccccc2)cc1I. The Kier molecular flexibility index (Phi) is 7.96. The number of ether oxygens (including phenoxy) is 1. The minimum Gasteiger partial charge on any atom is -0.496 e. The van der Waals surface area contributed by atoms with Crippen molar-refractivity contribution in [1.82, 2.24) is 10.6 Å². The molecule has 0 aliphatic rings. The highest BCUT2D eigenvalue weighted by Crippen LogP contribution is 2.21. The highest BCUT2D eigenvalue weighted by atomic mass is 127. The van der Waals surface area contributed by atoms with E-state index in [2.05, 4.69) is 38.5 Å². The highest BCUT2D eigenvalue weighted by Gasteiger charge is 2.14. The maximum absolute atomic E-state index is 12.7. The first kappa shape index (κ1) is 22.7. The third-order valence-electron chi connectivity index (χ3n) is 4.36. The molecule has 3 rings (SSSR count). The van der Waals surface area contributed by atoms with Gasteiger partial charge in [0, 0.05) is 12.1 Å². The van der Waals surface area contributed by atoms with Crippen LogP contribution in [0.5, 0.6) is 5.75 Å². The van der Waals surface area contributed by atoms with E-state index in [-0.39, 0.29) is 16.9 Å². The second-order valence-electron chi connectivity index (χ2n) is 6.47. The highest BCUT2D eigenvalue weighted by molar-refractivity contribution is 14.1. The zero-order valence-corrected chi connectivity index (χ0v) is 19.6. The van der Waals surface area contributed by atoms with Crippen molar-refractivity contribution in [2.75, 3.05) is 12.4 Å². The monoisotopic (exact) mass is 545 g/mol. The molecule has 2 amide bonds. The van der Waals surface area contributed by atoms with Gasteiger partial charge in [-0.05, 0) is 70.7 Å². The molecule has 0 unspecified atom stereocenters. The van der Waals surface area contributed by atoms with Gasteiger partial charge in [-0.1, -0.05) is 42.5 Å². The van der Waals surface area contributed by atoms with Gasteiger partial charge in [0.05, 0.1) is 21.9 Å². The first-order valence-electron chi connectivity index (χ1n) is 9.35. The lowest BCUT2D eigenvalue weighted by molar-refractivity contribution is 0.0950. The van der Waals surface area contributed by atoms with Crippen LogP contribution in [-0.4, -0.2) is 24.0 Å². The van der Waals surface area contributed by atoms with Crippen molar-refractivity contribution >= 4 is 57.4 Å². The Bertz CT molecular complexity index is 1110. The van der Waals surface area contributed by atoms with E-state index in [9.17, 15) is 9.59 Å². The van der Waals surface area contributed by atoms with E-state index in [0.29, 0.717) is 29.1 Å². The topological polar surface area (TPSA) is 79.5 Å². The fraction of sp³-hybridized carbons (Fsp3) is 0.0870. The molecule has 0 saturated heterocycles. The third kappa shape index (κ3) is 6.25. The van der Waals surface area contributed by atoms with Gasteiger partial charge in [-0.25, -0.2) is 0 Å². The summed E-state index contributed by atoms with van der Waals surface area (Å²) >= 11 is 7.38. The molecule has 0 heterocycles. The number of carbonyl (C=O) groups is 2. The average Bonchev–Trinajstić information content (AvgIpc) is 2.78. The number of rotatable bonds is 6. The Hall–Kier alpha value is -2.98. The molecule has 158 valence electrons. The number of hydrogen-bond donors (Lipinski definition) is 3. The van der Waals surface area contributed by atoms with Crippen molar-refractivity contribution in [2.45, 2.75) is 6.54 Å². The Morgan fingerprint density at radius 3 is 2.39 bits per heavy atom. The van der Waals surface area contributed by atoms with Gasteiger partial charge in [0.25, 0.3) is 11.8 Å². The normalized spacial score (nSPS) is 10.1. The molecular formula is C23H20IN3O3S. The van der Waals surface area contributed by atoms with Crippen molar-refractivity contribution in [3.8, 4) is 5.75 Å². The Labute approximate surface area is 199 Å². The van der Waals surface area contributed by atoms with Crippen molar-refractivity contribution in [3.63, 3.8) is 0 Å². The van der Waals surface area contributed by atoms with E-state index in [1.807, 2.05) is 30.3 Å². The van der Waals surface area contributed by atoms with Crippen LogP contribution in [-0.2, 0) is 6.54 Å². The lowest BCUT2D eigenvalue weighted by Gasteiger charge is -2.14. The van der Waals surface area contributed by atoms with Crippen molar-refractivity contribution in [2.24, 2.45) is 0 Å². The summed E-state index contributed by atoms with van der Waals surface area (Å²) in [6, 6.07) is 21.7. The van der Waals surface area contributed by atoms with Crippen LogP contribution in [0.2, 0.25) is 0 Å². The summed E-state index contributed by atoms with van der Waals surface area (Å²) in [4.78, 5) is 25.2. The summed E-state index contributed by atoms with van der Waals surface area (Å²) in [6.07, 6.45) is 0. The van der Waals surface area contributed by atoms with Crippen LogP contribution >= 0.6 is 34.8 Å². The summed E-state index contributed by atoms with van der Waals surface area (Å²) < 4.78 is 6.02. The van der Waals surface area contributed by atoms with Gasteiger partial charge in [-0.3, -0.25) is 14.9 Å². The predicted molar refractivity (Wildman–Crippen MR) is 133 cm³/mol. The number of para-hydroxylation sites is 1. The standard InChI is InChI=1S/C23H20IN3O3S/c1-30-20-12-11-16(13-18(20)24)21(28)27-23(31)26-19-10-6-5-9-17(19)22(29)25-14-15-7-3-2-4-8-15/h2-13H,14H2,1H3,(H,25,29)(H2,26,27,28,31). The molecule has 0 spiro atoms. The number of benzene rings is 3. The molecule has 0 saturated carbocycles. The van der Waals surface area contributed by atoms with E-state index in [1.54, 1.807) is 49.6 Å². The molecule has 0 bridgehead atoms. The van der Waals surface area contributed by atoms with Gasteiger partial charge in [0.15, 0.2) is 5.11 Å². The average molecular weight is 545 g/mol. The van der Waals surface area contributed by atoms with Gasteiger partial charge in [0.2, 0.25) is 0 Å². The molecule has 0 aromatic heterocycles. The van der Waals surface area contributed by atoms with Crippen LogP contribution in [0.15, 0.2) is 72.8 Å². The van der Waals surface area contributed by atoms with Crippen LogP contribution < -0.4 is 20.7 Å². The lowest BCUT2D eigenvalue weighted by atomic mass is 10.1. The van der Waals surface area contributed by atoms with Crippen molar-refractivity contribution < 1.29 is 14.3 Å². The number of anilines is 1. The summed E-state index contributed by atoms with van der Waals surface area (Å²) in [6.45, 7) is 0.408. The first-order valence-corrected chi connectivity index (χ1v) is 10.8. The quantitative estimate of drug-likeness (QED) is 0.317. The molecule has 0 aliphatic carbocycles. The number of methoxy groups -OCH3 is 1.